The Bertz CT molecular complexity index is 105. The lowest BCUT2D eigenvalue weighted by Gasteiger charge is -2.07. The highest BCUT2D eigenvalue weighted by atomic mass is 17.0. The molecule has 5 nitrogen and oxygen atoms in total. The largest absolute Gasteiger partial charge is 0.360 e. The molecule has 0 saturated carbocycles. The summed E-state index contributed by atoms with van der Waals surface area (Å²) in [6.45, 7) is 0.250. The van der Waals surface area contributed by atoms with E-state index in [9.17, 15) is 4.79 Å². The fraction of sp³-hybridized carbons (Fsp3) is 0. The van der Waals surface area contributed by atoms with Crippen molar-refractivity contribution < 1.29 is 14.5 Å². The summed E-state index contributed by atoms with van der Waals surface area (Å²) in [7, 11) is 0. The van der Waals surface area contributed by atoms with Gasteiger partial charge in [-0.3, -0.25) is 10.2 Å². The van der Waals surface area contributed by atoms with E-state index < -0.39 is 0 Å². The lowest BCUT2D eigenvalue weighted by Crippen LogP contribution is -2.27. The highest BCUT2D eigenvalue weighted by Gasteiger charge is 2.04. The predicted molar refractivity (Wildman–Crippen MR) is 22.3 cm³/mol. The van der Waals surface area contributed by atoms with Gasteiger partial charge < -0.3 is 9.68 Å². The summed E-state index contributed by atoms with van der Waals surface area (Å²) >= 11 is 0. The standard InChI is InChI=1S/C3H4N2O3/c6-3-8-5-4-1-2-7-5/h1-4H. The second-order valence-electron chi connectivity index (χ2n) is 0.996. The van der Waals surface area contributed by atoms with Crippen LogP contribution in [0.3, 0.4) is 0 Å². The van der Waals surface area contributed by atoms with E-state index in [0.717, 1.165) is 5.34 Å². The summed E-state index contributed by atoms with van der Waals surface area (Å²) in [4.78, 5) is 18.2. The van der Waals surface area contributed by atoms with Gasteiger partial charge in [-0.25, -0.2) is 0 Å². The second-order valence-corrected chi connectivity index (χ2v) is 0.996. The first kappa shape index (κ1) is 4.92. The molecule has 0 unspecified atom stereocenters. The molecule has 1 N–H and O–H groups in total. The van der Waals surface area contributed by atoms with Crippen molar-refractivity contribution in [1.29, 1.82) is 0 Å². The molecular weight excluding hydrogens is 112 g/mol. The van der Waals surface area contributed by atoms with E-state index in [4.69, 9.17) is 0 Å². The third kappa shape index (κ3) is 0.881. The van der Waals surface area contributed by atoms with Gasteiger partial charge in [0, 0.05) is 0 Å². The van der Waals surface area contributed by atoms with E-state index in [0.29, 0.717) is 0 Å². The van der Waals surface area contributed by atoms with Crippen LogP contribution in [0.5, 0.6) is 0 Å². The molecule has 0 bridgehead atoms. The molecule has 0 aliphatic carbocycles. The number of hydrogen-bond donors (Lipinski definition) is 1. The summed E-state index contributed by atoms with van der Waals surface area (Å²) in [6.07, 6.45) is 2.81. The number of hydrazine groups is 1. The third-order valence-corrected chi connectivity index (χ3v) is 0.543. The topological polar surface area (TPSA) is 50.8 Å². The summed E-state index contributed by atoms with van der Waals surface area (Å²) in [5, 5.41) is 0.812. The highest BCUT2D eigenvalue weighted by molar-refractivity contribution is 5.36. The molecule has 0 aromatic heterocycles. The first-order chi connectivity index (χ1) is 3.93. The van der Waals surface area contributed by atoms with Gasteiger partial charge in [-0.05, 0) is 0 Å². The molecule has 0 aromatic rings. The number of nitrogens with one attached hydrogen (secondary N) is 1. The van der Waals surface area contributed by atoms with Crippen LogP contribution in [-0.4, -0.2) is 11.8 Å². The van der Waals surface area contributed by atoms with Gasteiger partial charge in [0.1, 0.15) is 11.6 Å². The van der Waals surface area contributed by atoms with Crippen molar-refractivity contribution in [2.75, 3.05) is 0 Å². The number of rotatable bonds is 2. The third-order valence-electron chi connectivity index (χ3n) is 0.543. The van der Waals surface area contributed by atoms with Gasteiger partial charge in [-0.2, -0.15) is 0 Å². The van der Waals surface area contributed by atoms with Gasteiger partial charge in [-0.15, -0.1) is 0 Å². The maximum absolute atomic E-state index is 9.55. The molecule has 1 aliphatic heterocycles. The summed E-state index contributed by atoms with van der Waals surface area (Å²) in [6, 6.07) is 0. The first-order valence-electron chi connectivity index (χ1n) is 1.92. The minimum atomic E-state index is 0.250. The van der Waals surface area contributed by atoms with Crippen molar-refractivity contribution in [3.63, 3.8) is 0 Å². The molecule has 1 rings (SSSR count). The number of hydrogen-bond acceptors (Lipinski definition) is 5. The van der Waals surface area contributed by atoms with Gasteiger partial charge in [-0.1, -0.05) is 0 Å². The van der Waals surface area contributed by atoms with Crippen molar-refractivity contribution in [2.24, 2.45) is 0 Å². The Hall–Kier alpha value is -1.23. The molecule has 5 heteroatoms. The average Bonchev–Trinajstić information content (AvgIpc) is 2.19. The first-order valence-corrected chi connectivity index (χ1v) is 1.92. The maximum atomic E-state index is 9.55. The lowest BCUT2D eigenvalue weighted by atomic mass is 11.0. The Morgan fingerprint density at radius 3 is 3.25 bits per heavy atom. The van der Waals surface area contributed by atoms with Gasteiger partial charge in [0.15, 0.2) is 0 Å². The molecule has 1 aliphatic rings. The van der Waals surface area contributed by atoms with E-state index in [1.165, 1.54) is 12.5 Å². The Balaban J connectivity index is 2.19. The minimum absolute atomic E-state index is 0.250. The molecule has 0 aromatic carbocycles. The molecule has 0 spiro atoms. The second kappa shape index (κ2) is 2.17. The smallest absolute Gasteiger partial charge is 0.319 e. The van der Waals surface area contributed by atoms with Gasteiger partial charge in [0.2, 0.25) is 0 Å². The van der Waals surface area contributed by atoms with Crippen molar-refractivity contribution in [3.05, 3.63) is 12.5 Å². The molecule has 1 heterocycles. The van der Waals surface area contributed by atoms with Crippen LogP contribution in [0.2, 0.25) is 0 Å². The Morgan fingerprint density at radius 1 is 1.88 bits per heavy atom. The monoisotopic (exact) mass is 116 g/mol. The van der Waals surface area contributed by atoms with Crippen LogP contribution in [0.4, 0.5) is 0 Å². The highest BCUT2D eigenvalue weighted by Crippen LogP contribution is 1.91. The average molecular weight is 116 g/mol. The van der Waals surface area contributed by atoms with Gasteiger partial charge in [0.25, 0.3) is 0 Å². The zero-order valence-corrected chi connectivity index (χ0v) is 3.90. The Kier molecular flexibility index (Phi) is 1.34. The fourth-order valence-electron chi connectivity index (χ4n) is 0.302. The van der Waals surface area contributed by atoms with Crippen molar-refractivity contribution in [1.82, 2.24) is 10.8 Å². The molecule has 44 valence electrons. The normalized spacial score (nSPS) is 17.0. The van der Waals surface area contributed by atoms with Crippen LogP contribution in [-0.2, 0) is 14.5 Å². The molecule has 0 atom stereocenters. The molecule has 8 heavy (non-hydrogen) atoms. The lowest BCUT2D eigenvalue weighted by molar-refractivity contribution is -0.323. The SMILES string of the molecule is O=CON1NC=CO1. The van der Waals surface area contributed by atoms with Crippen LogP contribution >= 0.6 is 0 Å². The molecular formula is C3H4N2O3. The van der Waals surface area contributed by atoms with Gasteiger partial charge in [0.05, 0.1) is 6.20 Å². The van der Waals surface area contributed by atoms with Crippen LogP contribution in [0.15, 0.2) is 12.5 Å². The quantitative estimate of drug-likeness (QED) is 0.483. The van der Waals surface area contributed by atoms with E-state index in [2.05, 4.69) is 15.1 Å². The Morgan fingerprint density at radius 2 is 2.75 bits per heavy atom. The minimum Gasteiger partial charge on any atom is -0.360 e. The molecule has 0 amide bonds. The number of nitrogens with zero attached hydrogens (tertiary/aromatic N) is 1. The molecule has 0 saturated heterocycles. The van der Waals surface area contributed by atoms with Crippen molar-refractivity contribution in [2.45, 2.75) is 0 Å². The van der Waals surface area contributed by atoms with Gasteiger partial charge >= 0.3 is 6.47 Å². The molecule has 0 fully saturated rings. The predicted octanol–water partition coefficient (Wildman–Crippen LogP) is -0.703. The van der Waals surface area contributed by atoms with Crippen LogP contribution in [0.1, 0.15) is 0 Å². The zero-order chi connectivity index (χ0) is 5.82. The van der Waals surface area contributed by atoms with E-state index in [1.54, 1.807) is 0 Å². The van der Waals surface area contributed by atoms with E-state index >= 15 is 0 Å². The van der Waals surface area contributed by atoms with Crippen molar-refractivity contribution in [3.8, 4) is 0 Å². The van der Waals surface area contributed by atoms with E-state index in [1.807, 2.05) is 0 Å². The van der Waals surface area contributed by atoms with Crippen LogP contribution < -0.4 is 5.43 Å². The molecule has 0 radical (unpaired) electrons. The Labute approximate surface area is 45.4 Å². The zero-order valence-electron chi connectivity index (χ0n) is 3.90. The maximum Gasteiger partial charge on any atom is 0.319 e. The number of carbonyl (C=O) groups is 1. The summed E-state index contributed by atoms with van der Waals surface area (Å²) in [5.41, 5.74) is 2.43. The summed E-state index contributed by atoms with van der Waals surface area (Å²) in [5.74, 6) is 0. The fourth-order valence-corrected chi connectivity index (χ4v) is 0.302. The van der Waals surface area contributed by atoms with Crippen LogP contribution in [0, 0.1) is 0 Å². The summed E-state index contributed by atoms with van der Waals surface area (Å²) < 4.78 is 0. The van der Waals surface area contributed by atoms with Crippen molar-refractivity contribution >= 4 is 6.47 Å². The number of carbonyl (C=O) groups excluding carboxylic acids is 1. The van der Waals surface area contributed by atoms with E-state index in [-0.39, 0.29) is 6.47 Å². The van der Waals surface area contributed by atoms with Crippen LogP contribution in [0.25, 0.3) is 0 Å².